The fourth-order valence-electron chi connectivity index (χ4n) is 5.34. The number of ketones is 1. The number of hydrogen-bond acceptors (Lipinski definition) is 6. The number of hydrogen-bond donors (Lipinski definition) is 1. The van der Waals surface area contributed by atoms with Gasteiger partial charge < -0.3 is 14.8 Å². The normalized spacial score (nSPS) is 25.9. The topological polar surface area (TPSA) is 81.7 Å². The lowest BCUT2D eigenvalue weighted by Crippen LogP contribution is -2.43. The van der Waals surface area contributed by atoms with E-state index in [4.69, 9.17) is 9.47 Å². The van der Waals surface area contributed by atoms with Crippen LogP contribution in [-0.2, 0) is 23.9 Å². The molecule has 3 unspecified atom stereocenters. The molecule has 1 N–H and O–H groups in total. The molecule has 3 aliphatic rings. The van der Waals surface area contributed by atoms with Crippen LogP contribution in [0.1, 0.15) is 63.9 Å². The van der Waals surface area contributed by atoms with Gasteiger partial charge in [0.25, 0.3) is 0 Å². The predicted octanol–water partition coefficient (Wildman–Crippen LogP) is 4.31. The standard InChI is InChI=1S/C26H30FNO5/c1-14-13-19-23(24(29)20(14)25(30)32-3)22(16-9-11-17(27)12-10-16)21(15(2)28-19)26(31)33-18-7-5-4-6-8-18/h9-12,14,18,20,22,28H,4-8,13H2,1-3H3. The molecule has 1 fully saturated rings. The molecule has 0 aromatic heterocycles. The number of nitrogens with one attached hydrogen (secondary N) is 1. The second kappa shape index (κ2) is 9.49. The van der Waals surface area contributed by atoms with Crippen LogP contribution in [0, 0.1) is 17.7 Å². The van der Waals surface area contributed by atoms with Gasteiger partial charge in [-0.3, -0.25) is 9.59 Å². The van der Waals surface area contributed by atoms with Crippen LogP contribution in [0.4, 0.5) is 4.39 Å². The summed E-state index contributed by atoms with van der Waals surface area (Å²) in [5.41, 5.74) is 2.59. The smallest absolute Gasteiger partial charge is 0.337 e. The Bertz CT molecular complexity index is 1020. The van der Waals surface area contributed by atoms with E-state index in [9.17, 15) is 18.8 Å². The van der Waals surface area contributed by atoms with Crippen molar-refractivity contribution in [3.05, 3.63) is 58.2 Å². The van der Waals surface area contributed by atoms with Gasteiger partial charge in [-0.2, -0.15) is 0 Å². The predicted molar refractivity (Wildman–Crippen MR) is 119 cm³/mol. The van der Waals surface area contributed by atoms with E-state index in [1.54, 1.807) is 19.1 Å². The molecule has 0 radical (unpaired) electrons. The largest absolute Gasteiger partial charge is 0.468 e. The van der Waals surface area contributed by atoms with Gasteiger partial charge in [-0.05, 0) is 62.6 Å². The molecule has 176 valence electrons. The number of Topliss-reactive ketones (excluding diaryl/α,β-unsaturated/α-hetero) is 1. The maximum atomic E-state index is 13.7. The van der Waals surface area contributed by atoms with Gasteiger partial charge in [-0.1, -0.05) is 25.5 Å². The summed E-state index contributed by atoms with van der Waals surface area (Å²) < 4.78 is 24.5. The van der Waals surface area contributed by atoms with Gasteiger partial charge in [-0.15, -0.1) is 0 Å². The number of methoxy groups -OCH3 is 1. The van der Waals surface area contributed by atoms with E-state index in [2.05, 4.69) is 5.32 Å². The number of benzene rings is 1. The Hall–Kier alpha value is -2.96. The lowest BCUT2D eigenvalue weighted by atomic mass is 9.69. The second-order valence-electron chi connectivity index (χ2n) is 9.25. The molecule has 0 spiro atoms. The van der Waals surface area contributed by atoms with Crippen molar-refractivity contribution in [1.29, 1.82) is 0 Å². The molecule has 4 rings (SSSR count). The van der Waals surface area contributed by atoms with E-state index >= 15 is 0 Å². The molecule has 1 saturated carbocycles. The number of esters is 2. The molecular formula is C26H30FNO5. The Morgan fingerprint density at radius 1 is 1.09 bits per heavy atom. The van der Waals surface area contributed by atoms with Gasteiger partial charge in [0, 0.05) is 22.9 Å². The first-order valence-electron chi connectivity index (χ1n) is 11.6. The molecule has 6 nitrogen and oxygen atoms in total. The quantitative estimate of drug-likeness (QED) is 0.538. The summed E-state index contributed by atoms with van der Waals surface area (Å²) in [6.45, 7) is 3.63. The molecule has 0 amide bonds. The minimum absolute atomic E-state index is 0.152. The Morgan fingerprint density at radius 3 is 2.39 bits per heavy atom. The third-order valence-corrected chi connectivity index (χ3v) is 6.99. The highest BCUT2D eigenvalue weighted by Gasteiger charge is 2.47. The van der Waals surface area contributed by atoms with Crippen molar-refractivity contribution in [3.8, 4) is 0 Å². The lowest BCUT2D eigenvalue weighted by Gasteiger charge is -2.38. The summed E-state index contributed by atoms with van der Waals surface area (Å²) in [4.78, 5) is 39.5. The van der Waals surface area contributed by atoms with E-state index in [0.717, 1.165) is 32.1 Å². The fourth-order valence-corrected chi connectivity index (χ4v) is 5.34. The first-order chi connectivity index (χ1) is 15.8. The van der Waals surface area contributed by atoms with Crippen LogP contribution in [0.25, 0.3) is 0 Å². The molecule has 1 heterocycles. The van der Waals surface area contributed by atoms with Crippen molar-refractivity contribution in [2.24, 2.45) is 11.8 Å². The number of rotatable bonds is 4. The van der Waals surface area contributed by atoms with Crippen LogP contribution in [-0.4, -0.2) is 30.9 Å². The van der Waals surface area contributed by atoms with Crippen molar-refractivity contribution in [1.82, 2.24) is 5.32 Å². The Labute approximate surface area is 193 Å². The van der Waals surface area contributed by atoms with Gasteiger partial charge in [0.2, 0.25) is 0 Å². The maximum absolute atomic E-state index is 13.7. The Balaban J connectivity index is 1.77. The maximum Gasteiger partial charge on any atom is 0.337 e. The van der Waals surface area contributed by atoms with Crippen molar-refractivity contribution < 1.29 is 28.2 Å². The second-order valence-corrected chi connectivity index (χ2v) is 9.25. The number of ether oxygens (including phenoxy) is 2. The summed E-state index contributed by atoms with van der Waals surface area (Å²) in [5.74, 6) is -3.80. The molecule has 7 heteroatoms. The van der Waals surface area contributed by atoms with Crippen molar-refractivity contribution in [2.45, 2.75) is 64.4 Å². The Morgan fingerprint density at radius 2 is 1.76 bits per heavy atom. The van der Waals surface area contributed by atoms with Crippen LogP contribution in [0.2, 0.25) is 0 Å². The molecule has 1 aromatic carbocycles. The van der Waals surface area contributed by atoms with Gasteiger partial charge in [-0.25, -0.2) is 9.18 Å². The van der Waals surface area contributed by atoms with E-state index in [-0.39, 0.29) is 17.8 Å². The number of halogens is 1. The zero-order valence-corrected chi connectivity index (χ0v) is 19.3. The van der Waals surface area contributed by atoms with E-state index < -0.39 is 29.6 Å². The van der Waals surface area contributed by atoms with Gasteiger partial charge in [0.1, 0.15) is 17.8 Å². The third-order valence-electron chi connectivity index (χ3n) is 6.99. The first-order valence-corrected chi connectivity index (χ1v) is 11.6. The van der Waals surface area contributed by atoms with Crippen LogP contribution in [0.15, 0.2) is 46.8 Å². The van der Waals surface area contributed by atoms with E-state index in [0.29, 0.717) is 34.5 Å². The van der Waals surface area contributed by atoms with E-state index in [1.165, 1.54) is 19.2 Å². The van der Waals surface area contributed by atoms with Crippen molar-refractivity contribution >= 4 is 17.7 Å². The molecule has 0 saturated heterocycles. The summed E-state index contributed by atoms with van der Waals surface area (Å²) in [6.07, 6.45) is 5.11. The first kappa shape index (κ1) is 23.2. The highest BCUT2D eigenvalue weighted by Crippen LogP contribution is 2.45. The van der Waals surface area contributed by atoms with Gasteiger partial charge in [0.05, 0.1) is 12.7 Å². The average molecular weight is 456 g/mol. The highest BCUT2D eigenvalue weighted by molar-refractivity contribution is 6.12. The van der Waals surface area contributed by atoms with Crippen molar-refractivity contribution in [3.63, 3.8) is 0 Å². The monoisotopic (exact) mass is 455 g/mol. The lowest BCUT2D eigenvalue weighted by molar-refractivity contribution is -0.151. The zero-order valence-electron chi connectivity index (χ0n) is 19.3. The molecule has 1 aromatic rings. The molecule has 0 bridgehead atoms. The Kier molecular flexibility index (Phi) is 6.68. The number of allylic oxidation sites excluding steroid dienone is 3. The van der Waals surface area contributed by atoms with Gasteiger partial charge >= 0.3 is 11.9 Å². The van der Waals surface area contributed by atoms with Crippen LogP contribution in [0.5, 0.6) is 0 Å². The van der Waals surface area contributed by atoms with Crippen LogP contribution >= 0.6 is 0 Å². The fraction of sp³-hybridized carbons (Fsp3) is 0.500. The third kappa shape index (κ3) is 4.45. The summed E-state index contributed by atoms with van der Waals surface area (Å²) in [5, 5.41) is 3.25. The van der Waals surface area contributed by atoms with Crippen LogP contribution < -0.4 is 5.32 Å². The molecule has 1 aliphatic heterocycles. The summed E-state index contributed by atoms with van der Waals surface area (Å²) in [6, 6.07) is 5.78. The molecule has 3 atom stereocenters. The zero-order chi connectivity index (χ0) is 23.7. The average Bonchev–Trinajstić information content (AvgIpc) is 2.79. The summed E-state index contributed by atoms with van der Waals surface area (Å²) >= 11 is 0. The number of carbonyl (C=O) groups excluding carboxylic acids is 3. The van der Waals surface area contributed by atoms with Crippen LogP contribution in [0.3, 0.4) is 0 Å². The minimum Gasteiger partial charge on any atom is -0.468 e. The highest BCUT2D eigenvalue weighted by atomic mass is 19.1. The minimum atomic E-state index is -0.951. The summed E-state index contributed by atoms with van der Waals surface area (Å²) in [7, 11) is 1.26. The van der Waals surface area contributed by atoms with Gasteiger partial charge in [0.15, 0.2) is 5.78 Å². The number of dihydropyridines is 1. The molecule has 2 aliphatic carbocycles. The van der Waals surface area contributed by atoms with Crippen molar-refractivity contribution in [2.75, 3.05) is 7.11 Å². The molecule has 33 heavy (non-hydrogen) atoms. The SMILES string of the molecule is COC(=O)C1C(=O)C2=C(CC1C)NC(C)=C(C(=O)OC1CCCCC1)C2c1ccc(F)cc1. The van der Waals surface area contributed by atoms with E-state index in [1.807, 2.05) is 6.92 Å². The molecular weight excluding hydrogens is 425 g/mol. The number of carbonyl (C=O) groups is 3.